The van der Waals surface area contributed by atoms with Gasteiger partial charge in [0.2, 0.25) is 0 Å². The minimum absolute atomic E-state index is 0.0166. The van der Waals surface area contributed by atoms with E-state index in [1.807, 2.05) is 0 Å². The largest absolute Gasteiger partial charge is 0.276 e. The van der Waals surface area contributed by atoms with Gasteiger partial charge in [0.15, 0.2) is 0 Å². The molecule has 0 heterocycles. The number of hydrogen-bond acceptors (Lipinski definition) is 2. The van der Waals surface area contributed by atoms with Crippen LogP contribution >= 0.6 is 15.9 Å². The molecular weight excluding hydrogens is 345 g/mol. The zero-order valence-electron chi connectivity index (χ0n) is 10.7. The average Bonchev–Trinajstić information content (AvgIpc) is 2.43. The van der Waals surface area contributed by atoms with Gasteiger partial charge < -0.3 is 0 Å². The fourth-order valence-electron chi connectivity index (χ4n) is 1.71. The number of hydrogen-bond donors (Lipinski definition) is 1. The SMILES string of the molecule is Cc1cccc(F)c1NS(=O)(=O)c1ccc(CBr)cc1. The summed E-state index contributed by atoms with van der Waals surface area (Å²) < 4.78 is 40.4. The lowest BCUT2D eigenvalue weighted by Gasteiger charge is -2.11. The Balaban J connectivity index is 2.35. The molecule has 1 N–H and O–H groups in total. The summed E-state index contributed by atoms with van der Waals surface area (Å²) in [6.07, 6.45) is 0. The Kier molecular flexibility index (Phi) is 4.45. The molecule has 106 valence electrons. The maximum Gasteiger partial charge on any atom is 0.261 e. The Morgan fingerprint density at radius 1 is 1.15 bits per heavy atom. The molecule has 0 spiro atoms. The first kappa shape index (κ1) is 15.0. The number of nitrogens with one attached hydrogen (secondary N) is 1. The van der Waals surface area contributed by atoms with Gasteiger partial charge in [-0.2, -0.15) is 0 Å². The molecule has 0 aromatic heterocycles. The second-order valence-electron chi connectivity index (χ2n) is 4.31. The first-order valence-electron chi connectivity index (χ1n) is 5.87. The molecule has 0 aliphatic heterocycles. The van der Waals surface area contributed by atoms with Crippen molar-refractivity contribution in [1.29, 1.82) is 0 Å². The molecule has 0 aliphatic carbocycles. The summed E-state index contributed by atoms with van der Waals surface area (Å²) in [6, 6.07) is 10.8. The number of sulfonamides is 1. The van der Waals surface area contributed by atoms with Gasteiger partial charge in [-0.1, -0.05) is 40.2 Å². The Labute approximate surface area is 126 Å². The highest BCUT2D eigenvalue weighted by Gasteiger charge is 2.17. The molecule has 0 saturated carbocycles. The maximum atomic E-state index is 13.7. The third kappa shape index (κ3) is 3.19. The van der Waals surface area contributed by atoms with Gasteiger partial charge >= 0.3 is 0 Å². The van der Waals surface area contributed by atoms with Crippen molar-refractivity contribution in [3.8, 4) is 0 Å². The number of para-hydroxylation sites is 1. The Bertz CT molecular complexity index is 694. The summed E-state index contributed by atoms with van der Waals surface area (Å²) in [5.41, 5.74) is 1.48. The van der Waals surface area contributed by atoms with Crippen LogP contribution in [0.1, 0.15) is 11.1 Å². The summed E-state index contributed by atoms with van der Waals surface area (Å²) in [5, 5.41) is 0.646. The third-order valence-corrected chi connectivity index (χ3v) is 4.86. The second-order valence-corrected chi connectivity index (χ2v) is 6.56. The molecule has 2 rings (SSSR count). The van der Waals surface area contributed by atoms with E-state index in [9.17, 15) is 12.8 Å². The summed E-state index contributed by atoms with van der Waals surface area (Å²) in [4.78, 5) is 0.102. The highest BCUT2D eigenvalue weighted by atomic mass is 79.9. The van der Waals surface area contributed by atoms with Gasteiger partial charge in [-0.05, 0) is 36.2 Å². The molecule has 3 nitrogen and oxygen atoms in total. The van der Waals surface area contributed by atoms with E-state index in [0.29, 0.717) is 10.9 Å². The summed E-state index contributed by atoms with van der Waals surface area (Å²) >= 11 is 3.29. The number of halogens is 2. The van der Waals surface area contributed by atoms with Crippen LogP contribution in [-0.2, 0) is 15.4 Å². The molecule has 2 aromatic carbocycles. The van der Waals surface area contributed by atoms with E-state index in [0.717, 1.165) is 5.56 Å². The van der Waals surface area contributed by atoms with Crippen LogP contribution in [0.3, 0.4) is 0 Å². The highest BCUT2D eigenvalue weighted by molar-refractivity contribution is 9.08. The van der Waals surface area contributed by atoms with Gasteiger partial charge in [-0.25, -0.2) is 12.8 Å². The van der Waals surface area contributed by atoms with Gasteiger partial charge in [-0.3, -0.25) is 4.72 Å². The highest BCUT2D eigenvalue weighted by Crippen LogP contribution is 2.23. The summed E-state index contributed by atoms with van der Waals surface area (Å²) in [6.45, 7) is 1.65. The van der Waals surface area contributed by atoms with Crippen LogP contribution in [0.5, 0.6) is 0 Å². The number of benzene rings is 2. The van der Waals surface area contributed by atoms with Gasteiger partial charge in [0.05, 0.1) is 10.6 Å². The van der Waals surface area contributed by atoms with Gasteiger partial charge in [0, 0.05) is 5.33 Å². The molecule has 0 saturated heterocycles. The molecule has 20 heavy (non-hydrogen) atoms. The normalized spacial score (nSPS) is 11.3. The van der Waals surface area contributed by atoms with E-state index in [1.165, 1.54) is 24.3 Å². The average molecular weight is 358 g/mol. The molecular formula is C14H13BrFNO2S. The van der Waals surface area contributed by atoms with Crippen molar-refractivity contribution < 1.29 is 12.8 Å². The lowest BCUT2D eigenvalue weighted by atomic mass is 10.2. The topological polar surface area (TPSA) is 46.2 Å². The Morgan fingerprint density at radius 3 is 2.35 bits per heavy atom. The quantitative estimate of drug-likeness (QED) is 0.845. The van der Waals surface area contributed by atoms with Crippen molar-refractivity contribution >= 4 is 31.6 Å². The summed E-state index contributed by atoms with van der Waals surface area (Å²) in [7, 11) is -3.79. The smallest absolute Gasteiger partial charge is 0.261 e. The number of rotatable bonds is 4. The van der Waals surface area contributed by atoms with Crippen molar-refractivity contribution in [1.82, 2.24) is 0 Å². The van der Waals surface area contributed by atoms with Crippen molar-refractivity contribution in [2.24, 2.45) is 0 Å². The minimum atomic E-state index is -3.79. The van der Waals surface area contributed by atoms with Crippen LogP contribution < -0.4 is 4.72 Å². The lowest BCUT2D eigenvalue weighted by Crippen LogP contribution is -2.14. The fraction of sp³-hybridized carbons (Fsp3) is 0.143. The van der Waals surface area contributed by atoms with Crippen LogP contribution in [0.25, 0.3) is 0 Å². The molecule has 2 aromatic rings. The first-order valence-corrected chi connectivity index (χ1v) is 8.47. The van der Waals surface area contributed by atoms with Crippen LogP contribution in [0.15, 0.2) is 47.4 Å². The number of alkyl halides is 1. The monoisotopic (exact) mass is 357 g/mol. The van der Waals surface area contributed by atoms with E-state index in [2.05, 4.69) is 20.7 Å². The zero-order valence-corrected chi connectivity index (χ0v) is 13.1. The van der Waals surface area contributed by atoms with Crippen LogP contribution in [0.2, 0.25) is 0 Å². The molecule has 0 bridgehead atoms. The van der Waals surface area contributed by atoms with E-state index < -0.39 is 15.8 Å². The molecule has 0 unspecified atom stereocenters. The predicted octanol–water partition coefficient (Wildman–Crippen LogP) is 3.83. The van der Waals surface area contributed by atoms with Crippen molar-refractivity contribution in [3.05, 3.63) is 59.4 Å². The molecule has 0 radical (unpaired) electrons. The second kappa shape index (κ2) is 5.93. The standard InChI is InChI=1S/C14H13BrFNO2S/c1-10-3-2-4-13(16)14(10)17-20(18,19)12-7-5-11(9-15)6-8-12/h2-8,17H,9H2,1H3. The van der Waals surface area contributed by atoms with Crippen molar-refractivity contribution in [2.75, 3.05) is 4.72 Å². The fourth-order valence-corrected chi connectivity index (χ4v) is 3.23. The molecule has 6 heteroatoms. The van der Waals surface area contributed by atoms with Gasteiger partial charge in [0.25, 0.3) is 10.0 Å². The van der Waals surface area contributed by atoms with E-state index in [1.54, 1.807) is 25.1 Å². The third-order valence-electron chi connectivity index (χ3n) is 2.85. The lowest BCUT2D eigenvalue weighted by molar-refractivity contribution is 0.598. The first-order chi connectivity index (χ1) is 9.44. The summed E-state index contributed by atoms with van der Waals surface area (Å²) in [5.74, 6) is -0.592. The number of anilines is 1. The van der Waals surface area contributed by atoms with Gasteiger partial charge in [0.1, 0.15) is 5.82 Å². The van der Waals surface area contributed by atoms with Crippen molar-refractivity contribution in [3.63, 3.8) is 0 Å². The zero-order chi connectivity index (χ0) is 14.8. The molecule has 0 aliphatic rings. The van der Waals surface area contributed by atoms with E-state index in [-0.39, 0.29) is 10.6 Å². The Hall–Kier alpha value is -1.40. The maximum absolute atomic E-state index is 13.7. The minimum Gasteiger partial charge on any atom is -0.276 e. The Morgan fingerprint density at radius 2 is 1.80 bits per heavy atom. The van der Waals surface area contributed by atoms with E-state index in [4.69, 9.17) is 0 Å². The molecule has 0 atom stereocenters. The van der Waals surface area contributed by atoms with Gasteiger partial charge in [-0.15, -0.1) is 0 Å². The molecule has 0 amide bonds. The van der Waals surface area contributed by atoms with Crippen LogP contribution in [0, 0.1) is 12.7 Å². The van der Waals surface area contributed by atoms with Crippen LogP contribution in [-0.4, -0.2) is 8.42 Å². The predicted molar refractivity (Wildman–Crippen MR) is 81.0 cm³/mol. The number of aryl methyl sites for hydroxylation is 1. The molecule has 0 fully saturated rings. The van der Waals surface area contributed by atoms with Crippen LogP contribution in [0.4, 0.5) is 10.1 Å². The van der Waals surface area contributed by atoms with E-state index >= 15 is 0 Å². The van der Waals surface area contributed by atoms with Crippen molar-refractivity contribution in [2.45, 2.75) is 17.1 Å².